The van der Waals surface area contributed by atoms with Crippen molar-refractivity contribution >= 4 is 11.8 Å². The molecule has 156 valence electrons. The molecule has 2 fully saturated rings. The molecule has 0 unspecified atom stereocenters. The summed E-state index contributed by atoms with van der Waals surface area (Å²) in [5.74, 6) is 0.188. The van der Waals surface area contributed by atoms with E-state index in [0.29, 0.717) is 6.54 Å². The van der Waals surface area contributed by atoms with E-state index in [1.807, 2.05) is 52.6 Å². The van der Waals surface area contributed by atoms with Crippen LogP contribution in [0, 0.1) is 12.3 Å². The average molecular weight is 398 g/mol. The molecule has 2 aliphatic heterocycles. The Labute approximate surface area is 172 Å². The van der Waals surface area contributed by atoms with E-state index in [9.17, 15) is 9.59 Å². The number of aryl methyl sites for hydroxylation is 2. The van der Waals surface area contributed by atoms with Gasteiger partial charge in [0.15, 0.2) is 0 Å². The Kier molecular flexibility index (Phi) is 5.23. The van der Waals surface area contributed by atoms with Crippen molar-refractivity contribution in [2.24, 2.45) is 12.5 Å². The Bertz CT molecular complexity index is 887. The number of carbonyl (C=O) groups excluding carboxylic acids is 2. The highest BCUT2D eigenvalue weighted by molar-refractivity contribution is 5.97. The summed E-state index contributed by atoms with van der Waals surface area (Å²) in [7, 11) is 1.96. The molecule has 0 spiro atoms. The van der Waals surface area contributed by atoms with Crippen molar-refractivity contribution in [3.8, 4) is 0 Å². The van der Waals surface area contributed by atoms with Gasteiger partial charge in [0.1, 0.15) is 0 Å². The van der Waals surface area contributed by atoms with Crippen molar-refractivity contribution in [1.82, 2.24) is 24.6 Å². The summed E-state index contributed by atoms with van der Waals surface area (Å²) in [5, 5.41) is 7.35. The minimum Gasteiger partial charge on any atom is -0.355 e. The molecule has 29 heavy (non-hydrogen) atoms. The highest BCUT2D eigenvalue weighted by atomic mass is 16.2. The van der Waals surface area contributed by atoms with Crippen molar-refractivity contribution in [3.63, 3.8) is 0 Å². The quantitative estimate of drug-likeness (QED) is 0.730. The first kappa shape index (κ1) is 19.7. The van der Waals surface area contributed by atoms with Gasteiger partial charge in [-0.25, -0.2) is 0 Å². The normalized spacial score (nSPS) is 25.6. The number of rotatable bonds is 7. The van der Waals surface area contributed by atoms with Crippen molar-refractivity contribution in [1.29, 1.82) is 0 Å². The van der Waals surface area contributed by atoms with Gasteiger partial charge < -0.3 is 14.8 Å². The van der Waals surface area contributed by atoms with Gasteiger partial charge in [0.2, 0.25) is 5.91 Å². The van der Waals surface area contributed by atoms with Crippen LogP contribution in [0.1, 0.15) is 55.1 Å². The van der Waals surface area contributed by atoms with Gasteiger partial charge in [-0.2, -0.15) is 5.10 Å². The summed E-state index contributed by atoms with van der Waals surface area (Å²) in [4.78, 5) is 28.6. The van der Waals surface area contributed by atoms with Crippen LogP contribution in [0.3, 0.4) is 0 Å². The lowest BCUT2D eigenvalue weighted by atomic mass is 9.71. The molecule has 3 atom stereocenters. The minimum atomic E-state index is -0.465. The zero-order chi connectivity index (χ0) is 20.6. The van der Waals surface area contributed by atoms with Crippen LogP contribution in [-0.4, -0.2) is 49.7 Å². The minimum absolute atomic E-state index is 0.00396. The van der Waals surface area contributed by atoms with Gasteiger partial charge in [-0.3, -0.25) is 14.3 Å². The third-order valence-corrected chi connectivity index (χ3v) is 7.08. The Hall–Kier alpha value is -2.57. The summed E-state index contributed by atoms with van der Waals surface area (Å²) in [5.41, 5.74) is 1.27. The summed E-state index contributed by atoms with van der Waals surface area (Å²) in [6.45, 7) is 5.48. The molecule has 1 N–H and O–H groups in total. The van der Waals surface area contributed by atoms with E-state index in [2.05, 4.69) is 17.3 Å². The number of fused-ring (bicyclic) bond motifs is 2. The summed E-state index contributed by atoms with van der Waals surface area (Å²) in [6.07, 6.45) is 9.91. The Morgan fingerprint density at radius 1 is 1.31 bits per heavy atom. The average Bonchev–Trinajstić information content (AvgIpc) is 3.50. The maximum atomic E-state index is 13.3. The molecule has 7 nitrogen and oxygen atoms in total. The van der Waals surface area contributed by atoms with Crippen molar-refractivity contribution < 1.29 is 9.59 Å². The lowest BCUT2D eigenvalue weighted by molar-refractivity contribution is -0.133. The predicted molar refractivity (Wildman–Crippen MR) is 110 cm³/mol. The van der Waals surface area contributed by atoms with Crippen LogP contribution < -0.4 is 5.32 Å². The maximum absolute atomic E-state index is 13.3. The van der Waals surface area contributed by atoms with E-state index in [0.717, 1.165) is 49.9 Å². The molecule has 4 heterocycles. The second kappa shape index (κ2) is 7.69. The Morgan fingerprint density at radius 3 is 2.79 bits per heavy atom. The smallest absolute Gasteiger partial charge is 0.256 e. The van der Waals surface area contributed by atoms with E-state index in [1.165, 1.54) is 0 Å². The largest absolute Gasteiger partial charge is 0.355 e. The number of nitrogens with zero attached hydrogens (tertiary/aromatic N) is 4. The standard InChI is InChI=1S/C22H31N5O2/c1-4-22(21(29)23-10-5-12-26-13-6-11-24-26)15-17-7-8-19(22)27(17)20(28)18-9-14-25(3)16(18)2/h6,9,11,13-14,17,19H,4-5,7-8,10,12,15H2,1-3H3,(H,23,29)/t17-,19+,22+/m1/s1. The van der Waals surface area contributed by atoms with E-state index >= 15 is 0 Å². The molecule has 2 aliphatic rings. The first-order chi connectivity index (χ1) is 14.0. The monoisotopic (exact) mass is 397 g/mol. The highest BCUT2D eigenvalue weighted by Gasteiger charge is 2.60. The number of nitrogens with one attached hydrogen (secondary N) is 1. The van der Waals surface area contributed by atoms with Crippen LogP contribution in [0.4, 0.5) is 0 Å². The van der Waals surface area contributed by atoms with Gasteiger partial charge in [-0.05, 0) is 51.2 Å². The second-order valence-corrected chi connectivity index (χ2v) is 8.48. The van der Waals surface area contributed by atoms with E-state index in [1.54, 1.807) is 6.20 Å². The Morgan fingerprint density at radius 2 is 2.14 bits per heavy atom. The van der Waals surface area contributed by atoms with E-state index in [4.69, 9.17) is 0 Å². The lowest BCUT2D eigenvalue weighted by Gasteiger charge is -2.35. The Balaban J connectivity index is 1.44. The second-order valence-electron chi connectivity index (χ2n) is 8.48. The fourth-order valence-electron chi connectivity index (χ4n) is 5.30. The SMILES string of the molecule is CC[C@]1(C(=O)NCCCn2cccn2)C[C@H]2CC[C@@H]1N2C(=O)c1ccn(C)c1C. The van der Waals surface area contributed by atoms with Gasteiger partial charge in [0.25, 0.3) is 5.91 Å². The first-order valence-corrected chi connectivity index (χ1v) is 10.7. The van der Waals surface area contributed by atoms with Crippen LogP contribution in [0.15, 0.2) is 30.7 Å². The number of amides is 2. The lowest BCUT2D eigenvalue weighted by Crippen LogP contribution is -2.50. The fourth-order valence-corrected chi connectivity index (χ4v) is 5.30. The molecule has 0 radical (unpaired) electrons. The van der Waals surface area contributed by atoms with Crippen LogP contribution in [0.25, 0.3) is 0 Å². The number of hydrogen-bond donors (Lipinski definition) is 1. The molecular weight excluding hydrogens is 366 g/mol. The van der Waals surface area contributed by atoms with Crippen molar-refractivity contribution in [3.05, 3.63) is 42.0 Å². The van der Waals surface area contributed by atoms with E-state index in [-0.39, 0.29) is 23.9 Å². The zero-order valence-electron chi connectivity index (χ0n) is 17.6. The van der Waals surface area contributed by atoms with E-state index < -0.39 is 5.41 Å². The summed E-state index contributed by atoms with van der Waals surface area (Å²) in [6, 6.07) is 3.97. The van der Waals surface area contributed by atoms with Gasteiger partial charge in [-0.15, -0.1) is 0 Å². The van der Waals surface area contributed by atoms with Crippen LogP contribution in [0.5, 0.6) is 0 Å². The molecule has 0 saturated carbocycles. The first-order valence-electron chi connectivity index (χ1n) is 10.7. The van der Waals surface area contributed by atoms with Gasteiger partial charge in [0.05, 0.1) is 11.0 Å². The van der Waals surface area contributed by atoms with Crippen LogP contribution in [-0.2, 0) is 18.4 Å². The molecule has 2 aromatic rings. The van der Waals surface area contributed by atoms with Gasteiger partial charge in [-0.1, -0.05) is 6.92 Å². The van der Waals surface area contributed by atoms with Crippen molar-refractivity contribution in [2.45, 2.75) is 64.6 Å². The third kappa shape index (κ3) is 3.26. The molecule has 0 aliphatic carbocycles. The molecular formula is C22H31N5O2. The van der Waals surface area contributed by atoms with Gasteiger partial charge in [0, 0.05) is 56.5 Å². The highest BCUT2D eigenvalue weighted by Crippen LogP contribution is 2.52. The zero-order valence-corrected chi connectivity index (χ0v) is 17.6. The fraction of sp³-hybridized carbons (Fsp3) is 0.591. The predicted octanol–water partition coefficient (Wildman–Crippen LogP) is 2.51. The summed E-state index contributed by atoms with van der Waals surface area (Å²) >= 11 is 0. The molecule has 2 amide bonds. The van der Waals surface area contributed by atoms with Gasteiger partial charge >= 0.3 is 0 Å². The molecule has 0 aromatic carbocycles. The topological polar surface area (TPSA) is 72.2 Å². The molecule has 7 heteroatoms. The van der Waals surface area contributed by atoms with Crippen LogP contribution >= 0.6 is 0 Å². The molecule has 4 rings (SSSR count). The number of aromatic nitrogens is 3. The van der Waals surface area contributed by atoms with Crippen molar-refractivity contribution in [2.75, 3.05) is 6.54 Å². The summed E-state index contributed by atoms with van der Waals surface area (Å²) < 4.78 is 3.85. The number of carbonyl (C=O) groups is 2. The third-order valence-electron chi connectivity index (χ3n) is 7.08. The number of hydrogen-bond acceptors (Lipinski definition) is 3. The molecule has 2 bridgehead atoms. The van der Waals surface area contributed by atoms with Crippen LogP contribution in [0.2, 0.25) is 0 Å². The maximum Gasteiger partial charge on any atom is 0.256 e. The molecule has 2 aromatic heterocycles. The molecule has 2 saturated heterocycles.